The van der Waals surface area contributed by atoms with Crippen molar-refractivity contribution in [3.8, 4) is 0 Å². The molecule has 2 heterocycles. The van der Waals surface area contributed by atoms with Gasteiger partial charge in [0.1, 0.15) is 5.52 Å². The van der Waals surface area contributed by atoms with Crippen molar-refractivity contribution in [3.63, 3.8) is 0 Å². The Bertz CT molecular complexity index is 954. The van der Waals surface area contributed by atoms with E-state index in [1.54, 1.807) is 12.4 Å². The molecule has 0 saturated carbocycles. The van der Waals surface area contributed by atoms with Crippen LogP contribution in [0.25, 0.3) is 11.0 Å². The van der Waals surface area contributed by atoms with Gasteiger partial charge in [0.2, 0.25) is 0 Å². The van der Waals surface area contributed by atoms with Crippen LogP contribution < -0.4 is 0 Å². The van der Waals surface area contributed by atoms with E-state index in [1.165, 1.54) is 18.4 Å². The van der Waals surface area contributed by atoms with Gasteiger partial charge in [0, 0.05) is 32.0 Å². The monoisotopic (exact) mass is 388 g/mol. The Morgan fingerprint density at radius 2 is 1.93 bits per heavy atom. The summed E-state index contributed by atoms with van der Waals surface area (Å²) in [5, 5.41) is 0. The molecule has 1 amide bonds. The van der Waals surface area contributed by atoms with E-state index in [9.17, 15) is 4.79 Å². The zero-order chi connectivity index (χ0) is 20.1. The Morgan fingerprint density at radius 3 is 2.76 bits per heavy atom. The maximum Gasteiger partial charge on any atom is 0.256 e. The third-order valence-electron chi connectivity index (χ3n) is 5.73. The predicted octanol–water partition coefficient (Wildman–Crippen LogP) is 3.66. The van der Waals surface area contributed by atoms with Crippen LogP contribution in [-0.2, 0) is 6.42 Å². The lowest BCUT2D eigenvalue weighted by Crippen LogP contribution is -2.42. The molecular weight excluding hydrogens is 360 g/mol. The molecule has 1 fully saturated rings. The summed E-state index contributed by atoms with van der Waals surface area (Å²) in [5.74, 6) is 0.565. The second-order valence-electron chi connectivity index (χ2n) is 7.99. The van der Waals surface area contributed by atoms with Gasteiger partial charge in [-0.2, -0.15) is 0 Å². The van der Waals surface area contributed by atoms with Gasteiger partial charge in [0.05, 0.1) is 11.1 Å². The van der Waals surface area contributed by atoms with Crippen LogP contribution in [0.5, 0.6) is 0 Å². The Hall–Kier alpha value is -2.79. The standard InChI is InChI=1S/C24H28N4O/c1-27-15-6-9-20(17-27)18-28(16-12-19-7-3-2-4-8-19)24(29)21-10-5-11-22-23(21)26-14-13-25-22/h2-5,7-8,10-11,13-14,20H,6,9,12,15-18H2,1H3/t20-/m1/s1. The summed E-state index contributed by atoms with van der Waals surface area (Å²) in [6.45, 7) is 3.68. The Labute approximate surface area is 172 Å². The van der Waals surface area contributed by atoms with Crippen LogP contribution in [0.1, 0.15) is 28.8 Å². The number of benzene rings is 2. The molecule has 0 N–H and O–H groups in total. The third-order valence-corrected chi connectivity index (χ3v) is 5.73. The molecule has 1 aromatic heterocycles. The number of amides is 1. The lowest BCUT2D eigenvalue weighted by Gasteiger charge is -2.34. The van der Waals surface area contributed by atoms with Crippen molar-refractivity contribution in [2.45, 2.75) is 19.3 Å². The first kappa shape index (κ1) is 19.5. The van der Waals surface area contributed by atoms with E-state index in [4.69, 9.17) is 0 Å². The largest absolute Gasteiger partial charge is 0.338 e. The van der Waals surface area contributed by atoms with Crippen LogP contribution in [0.3, 0.4) is 0 Å². The first-order chi connectivity index (χ1) is 14.2. The van der Waals surface area contributed by atoms with E-state index in [1.807, 2.05) is 29.2 Å². The minimum atomic E-state index is 0.0558. The highest BCUT2D eigenvalue weighted by Gasteiger charge is 2.25. The second-order valence-corrected chi connectivity index (χ2v) is 7.99. The molecule has 1 aliphatic heterocycles. The van der Waals surface area contributed by atoms with Gasteiger partial charge in [-0.05, 0) is 56.5 Å². The Kier molecular flexibility index (Phi) is 6.15. The lowest BCUT2D eigenvalue weighted by molar-refractivity contribution is 0.0695. The number of para-hydroxylation sites is 1. The molecule has 150 valence electrons. The molecular formula is C24H28N4O. The molecule has 1 saturated heterocycles. The third kappa shape index (κ3) is 4.80. The van der Waals surface area contributed by atoms with Crippen LogP contribution in [0, 0.1) is 5.92 Å². The number of fused-ring (bicyclic) bond motifs is 1. The molecule has 5 heteroatoms. The molecule has 5 nitrogen and oxygen atoms in total. The highest BCUT2D eigenvalue weighted by atomic mass is 16.2. The van der Waals surface area contributed by atoms with Gasteiger partial charge in [0.25, 0.3) is 5.91 Å². The summed E-state index contributed by atoms with van der Waals surface area (Å²) in [6.07, 6.45) is 6.55. The van der Waals surface area contributed by atoms with Gasteiger partial charge in [0.15, 0.2) is 0 Å². The molecule has 0 radical (unpaired) electrons. The molecule has 0 spiro atoms. The average molecular weight is 389 g/mol. The fourth-order valence-corrected chi connectivity index (χ4v) is 4.25. The molecule has 1 atom stereocenters. The maximum atomic E-state index is 13.6. The van der Waals surface area contributed by atoms with Crippen LogP contribution in [0.2, 0.25) is 0 Å². The highest BCUT2D eigenvalue weighted by molar-refractivity contribution is 6.04. The summed E-state index contributed by atoms with van der Waals surface area (Å²) < 4.78 is 0. The normalized spacial score (nSPS) is 17.3. The molecule has 0 unspecified atom stereocenters. The number of nitrogens with zero attached hydrogens (tertiary/aromatic N) is 4. The van der Waals surface area contributed by atoms with Crippen molar-refractivity contribution < 1.29 is 4.79 Å². The van der Waals surface area contributed by atoms with E-state index in [-0.39, 0.29) is 5.91 Å². The molecule has 2 aromatic carbocycles. The maximum absolute atomic E-state index is 13.6. The SMILES string of the molecule is CN1CCC[C@@H](CN(CCc2ccccc2)C(=O)c2cccc3nccnc23)C1. The summed E-state index contributed by atoms with van der Waals surface area (Å²) >= 11 is 0. The summed E-state index contributed by atoms with van der Waals surface area (Å²) in [4.78, 5) is 26.8. The first-order valence-corrected chi connectivity index (χ1v) is 10.4. The predicted molar refractivity (Wildman–Crippen MR) is 116 cm³/mol. The number of carbonyl (C=O) groups excluding carboxylic acids is 1. The fourth-order valence-electron chi connectivity index (χ4n) is 4.25. The molecule has 29 heavy (non-hydrogen) atoms. The van der Waals surface area contributed by atoms with Crippen molar-refractivity contribution >= 4 is 16.9 Å². The molecule has 1 aliphatic rings. The summed E-state index contributed by atoms with van der Waals surface area (Å²) in [6, 6.07) is 16.1. The van der Waals surface area contributed by atoms with Crippen molar-refractivity contribution in [1.29, 1.82) is 0 Å². The second kappa shape index (κ2) is 9.14. The van der Waals surface area contributed by atoms with Crippen LogP contribution in [0.4, 0.5) is 0 Å². The van der Waals surface area contributed by atoms with E-state index >= 15 is 0 Å². The zero-order valence-corrected chi connectivity index (χ0v) is 17.0. The van der Waals surface area contributed by atoms with E-state index in [0.29, 0.717) is 23.5 Å². The van der Waals surface area contributed by atoms with Gasteiger partial charge in [-0.1, -0.05) is 36.4 Å². The number of carbonyl (C=O) groups is 1. The Morgan fingerprint density at radius 1 is 1.10 bits per heavy atom. The van der Waals surface area contributed by atoms with Gasteiger partial charge < -0.3 is 9.80 Å². The minimum Gasteiger partial charge on any atom is -0.338 e. The number of hydrogen-bond donors (Lipinski definition) is 0. The quantitative estimate of drug-likeness (QED) is 0.647. The van der Waals surface area contributed by atoms with Gasteiger partial charge in [-0.25, -0.2) is 0 Å². The molecule has 3 aromatic rings. The van der Waals surface area contributed by atoms with E-state index < -0.39 is 0 Å². The molecule has 0 aliphatic carbocycles. The van der Waals surface area contributed by atoms with Crippen LogP contribution in [0.15, 0.2) is 60.9 Å². The zero-order valence-electron chi connectivity index (χ0n) is 17.0. The Balaban J connectivity index is 1.58. The van der Waals surface area contributed by atoms with Crippen molar-refractivity contribution in [2.24, 2.45) is 5.92 Å². The van der Waals surface area contributed by atoms with Crippen molar-refractivity contribution in [2.75, 3.05) is 33.2 Å². The van der Waals surface area contributed by atoms with Gasteiger partial charge >= 0.3 is 0 Å². The lowest BCUT2D eigenvalue weighted by atomic mass is 9.97. The van der Waals surface area contributed by atoms with Gasteiger partial charge in [-0.15, -0.1) is 0 Å². The van der Waals surface area contributed by atoms with E-state index in [2.05, 4.69) is 46.2 Å². The van der Waals surface area contributed by atoms with Crippen LogP contribution >= 0.6 is 0 Å². The van der Waals surface area contributed by atoms with Crippen molar-refractivity contribution in [3.05, 3.63) is 72.1 Å². The van der Waals surface area contributed by atoms with Gasteiger partial charge in [-0.3, -0.25) is 14.8 Å². The minimum absolute atomic E-state index is 0.0558. The number of piperidine rings is 1. The number of aromatic nitrogens is 2. The topological polar surface area (TPSA) is 49.3 Å². The molecule has 4 rings (SSSR count). The highest BCUT2D eigenvalue weighted by Crippen LogP contribution is 2.21. The first-order valence-electron chi connectivity index (χ1n) is 10.4. The molecule has 0 bridgehead atoms. The summed E-state index contributed by atoms with van der Waals surface area (Å²) in [7, 11) is 2.17. The average Bonchev–Trinajstić information content (AvgIpc) is 2.76. The smallest absolute Gasteiger partial charge is 0.256 e. The van der Waals surface area contributed by atoms with Crippen molar-refractivity contribution in [1.82, 2.24) is 19.8 Å². The van der Waals surface area contributed by atoms with E-state index in [0.717, 1.165) is 31.6 Å². The number of likely N-dealkylation sites (tertiary alicyclic amines) is 1. The number of hydrogen-bond acceptors (Lipinski definition) is 4. The van der Waals surface area contributed by atoms with Crippen LogP contribution in [-0.4, -0.2) is 58.9 Å². The fraction of sp³-hybridized carbons (Fsp3) is 0.375. The summed E-state index contributed by atoms with van der Waals surface area (Å²) in [5.41, 5.74) is 3.35. The number of rotatable bonds is 6.